The first-order valence-corrected chi connectivity index (χ1v) is 3.11. The lowest BCUT2D eigenvalue weighted by molar-refractivity contribution is 0.102. The van der Waals surface area contributed by atoms with E-state index in [1.54, 1.807) is 0 Å². The third-order valence-corrected chi connectivity index (χ3v) is 1.40. The third-order valence-electron chi connectivity index (χ3n) is 1.05. The van der Waals surface area contributed by atoms with Gasteiger partial charge in [-0.1, -0.05) is 5.16 Å². The molecule has 1 atom stereocenters. The van der Waals surface area contributed by atoms with Gasteiger partial charge in [-0.2, -0.15) is 0 Å². The van der Waals surface area contributed by atoms with Crippen LogP contribution in [0.15, 0.2) is 5.16 Å². The fourth-order valence-corrected chi connectivity index (χ4v) is 0.817. The predicted molar refractivity (Wildman–Crippen MR) is 33.3 cm³/mol. The highest BCUT2D eigenvalue weighted by Gasteiger charge is 2.15. The minimum atomic E-state index is 0.136. The molecule has 0 aromatic carbocycles. The van der Waals surface area contributed by atoms with E-state index < -0.39 is 0 Å². The Kier molecular flexibility index (Phi) is 1.73. The van der Waals surface area contributed by atoms with Gasteiger partial charge in [-0.15, -0.1) is 11.6 Å². The van der Waals surface area contributed by atoms with Gasteiger partial charge in [0.05, 0.1) is 11.6 Å². The fraction of sp³-hybridized carbons (Fsp3) is 0.800. The second-order valence-corrected chi connectivity index (χ2v) is 2.22. The molecule has 0 aromatic heterocycles. The monoisotopic (exact) mass is 133 g/mol. The number of oxime groups is 1. The van der Waals surface area contributed by atoms with Crippen LogP contribution in [0.4, 0.5) is 0 Å². The molecule has 1 unspecified atom stereocenters. The Bertz CT molecular complexity index is 113. The molecular formula is C5H8ClNO. The zero-order valence-corrected chi connectivity index (χ0v) is 5.48. The molecule has 0 aliphatic carbocycles. The zero-order valence-electron chi connectivity index (χ0n) is 4.72. The highest BCUT2D eigenvalue weighted by Crippen LogP contribution is 2.10. The van der Waals surface area contributed by atoms with Crippen LogP contribution < -0.4 is 0 Å². The maximum atomic E-state index is 5.47. The molecule has 0 saturated heterocycles. The molecule has 0 bridgehead atoms. The molecule has 0 amide bonds. The fourth-order valence-electron chi connectivity index (χ4n) is 0.651. The molecule has 0 fully saturated rings. The Morgan fingerprint density at radius 3 is 3.00 bits per heavy atom. The molecule has 1 aliphatic heterocycles. The van der Waals surface area contributed by atoms with Crippen LogP contribution in [0, 0.1) is 0 Å². The lowest BCUT2D eigenvalue weighted by Gasteiger charge is -1.98. The van der Waals surface area contributed by atoms with Gasteiger partial charge in [-0.3, -0.25) is 0 Å². The van der Waals surface area contributed by atoms with Gasteiger partial charge in [0.1, 0.15) is 6.10 Å². The second kappa shape index (κ2) is 2.35. The summed E-state index contributed by atoms with van der Waals surface area (Å²) in [7, 11) is 0. The summed E-state index contributed by atoms with van der Waals surface area (Å²) >= 11 is 5.47. The van der Waals surface area contributed by atoms with Gasteiger partial charge in [0, 0.05) is 6.42 Å². The molecule has 1 rings (SSSR count). The number of hydrogen-bond donors (Lipinski definition) is 0. The predicted octanol–water partition coefficient (Wildman–Crippen LogP) is 1.39. The van der Waals surface area contributed by atoms with Crippen molar-refractivity contribution in [1.29, 1.82) is 0 Å². The summed E-state index contributed by atoms with van der Waals surface area (Å²) in [5.74, 6) is 0.543. The summed E-state index contributed by atoms with van der Waals surface area (Å²) < 4.78 is 0. The van der Waals surface area contributed by atoms with Crippen LogP contribution in [0.2, 0.25) is 0 Å². The van der Waals surface area contributed by atoms with E-state index in [0.717, 1.165) is 12.1 Å². The molecular weight excluding hydrogens is 126 g/mol. The summed E-state index contributed by atoms with van der Waals surface area (Å²) in [5, 5.41) is 3.72. The summed E-state index contributed by atoms with van der Waals surface area (Å²) in [6.45, 7) is 1.94. The Labute approximate surface area is 53.5 Å². The third kappa shape index (κ3) is 1.13. The summed E-state index contributed by atoms with van der Waals surface area (Å²) in [5.41, 5.74) is 1.04. The molecule has 0 aromatic rings. The van der Waals surface area contributed by atoms with Crippen molar-refractivity contribution in [3.63, 3.8) is 0 Å². The largest absolute Gasteiger partial charge is 0.391 e. The summed E-state index contributed by atoms with van der Waals surface area (Å²) in [4.78, 5) is 4.87. The van der Waals surface area contributed by atoms with Gasteiger partial charge in [-0.25, -0.2) is 0 Å². The van der Waals surface area contributed by atoms with Gasteiger partial charge in [-0.05, 0) is 6.92 Å². The van der Waals surface area contributed by atoms with E-state index >= 15 is 0 Å². The summed E-state index contributed by atoms with van der Waals surface area (Å²) in [6.07, 6.45) is 1.03. The van der Waals surface area contributed by atoms with Crippen LogP contribution in [0.5, 0.6) is 0 Å². The highest BCUT2D eigenvalue weighted by molar-refractivity contribution is 6.18. The van der Waals surface area contributed by atoms with Gasteiger partial charge >= 0.3 is 0 Å². The van der Waals surface area contributed by atoms with E-state index in [9.17, 15) is 0 Å². The van der Waals surface area contributed by atoms with E-state index in [0.29, 0.717) is 5.88 Å². The molecule has 46 valence electrons. The number of hydrogen-bond acceptors (Lipinski definition) is 2. The number of alkyl halides is 1. The van der Waals surface area contributed by atoms with Crippen LogP contribution >= 0.6 is 11.6 Å². The molecule has 8 heavy (non-hydrogen) atoms. The normalized spacial score (nSPS) is 27.2. The topological polar surface area (TPSA) is 21.6 Å². The van der Waals surface area contributed by atoms with E-state index in [1.165, 1.54) is 0 Å². The van der Waals surface area contributed by atoms with Crippen molar-refractivity contribution in [2.24, 2.45) is 5.16 Å². The summed E-state index contributed by atoms with van der Waals surface area (Å²) in [6, 6.07) is 0. The average molecular weight is 134 g/mol. The van der Waals surface area contributed by atoms with Crippen LogP contribution in [0.1, 0.15) is 13.3 Å². The van der Waals surface area contributed by atoms with Gasteiger partial charge in [0.25, 0.3) is 0 Å². The maximum Gasteiger partial charge on any atom is 0.146 e. The van der Waals surface area contributed by atoms with E-state index in [4.69, 9.17) is 16.4 Å². The van der Waals surface area contributed by atoms with E-state index in [-0.39, 0.29) is 6.10 Å². The lowest BCUT2D eigenvalue weighted by Crippen LogP contribution is -2.07. The molecule has 0 saturated carbocycles. The number of nitrogens with zero attached hydrogens (tertiary/aromatic N) is 1. The first-order valence-electron chi connectivity index (χ1n) is 2.58. The lowest BCUT2D eigenvalue weighted by atomic mass is 10.2. The van der Waals surface area contributed by atoms with Crippen molar-refractivity contribution in [3.8, 4) is 0 Å². The molecule has 0 spiro atoms. The Hall–Kier alpha value is -0.240. The van der Waals surface area contributed by atoms with Crippen molar-refractivity contribution in [3.05, 3.63) is 0 Å². The molecule has 3 heteroatoms. The first kappa shape index (κ1) is 5.89. The average Bonchev–Trinajstić information content (AvgIpc) is 2.14. The quantitative estimate of drug-likeness (QED) is 0.496. The molecule has 0 radical (unpaired) electrons. The van der Waals surface area contributed by atoms with Gasteiger partial charge in [0.15, 0.2) is 0 Å². The van der Waals surface area contributed by atoms with E-state index in [2.05, 4.69) is 5.16 Å². The van der Waals surface area contributed by atoms with Crippen molar-refractivity contribution >= 4 is 17.3 Å². The van der Waals surface area contributed by atoms with Crippen molar-refractivity contribution < 1.29 is 4.84 Å². The standard InChI is InChI=1S/C5H8ClNO/c1-4-2-5(3-6)8-7-4/h5H,2-3H2,1H3. The Morgan fingerprint density at radius 1 is 2.00 bits per heavy atom. The smallest absolute Gasteiger partial charge is 0.146 e. The van der Waals surface area contributed by atoms with Gasteiger partial charge < -0.3 is 4.84 Å². The Balaban J connectivity index is 2.32. The van der Waals surface area contributed by atoms with Gasteiger partial charge in [0.2, 0.25) is 0 Å². The number of rotatable bonds is 1. The van der Waals surface area contributed by atoms with Crippen molar-refractivity contribution in [2.75, 3.05) is 5.88 Å². The van der Waals surface area contributed by atoms with Crippen LogP contribution in [0.25, 0.3) is 0 Å². The minimum Gasteiger partial charge on any atom is -0.391 e. The van der Waals surface area contributed by atoms with Crippen molar-refractivity contribution in [1.82, 2.24) is 0 Å². The number of halogens is 1. The van der Waals surface area contributed by atoms with Crippen molar-refractivity contribution in [2.45, 2.75) is 19.4 Å². The molecule has 0 N–H and O–H groups in total. The minimum absolute atomic E-state index is 0.136. The Morgan fingerprint density at radius 2 is 2.75 bits per heavy atom. The molecule has 1 aliphatic rings. The van der Waals surface area contributed by atoms with E-state index in [1.807, 2.05) is 6.92 Å². The first-order chi connectivity index (χ1) is 3.83. The molecule has 2 nitrogen and oxygen atoms in total. The SMILES string of the molecule is CC1=NOC(CCl)C1. The van der Waals surface area contributed by atoms with Crippen LogP contribution in [-0.2, 0) is 4.84 Å². The zero-order chi connectivity index (χ0) is 5.98. The highest BCUT2D eigenvalue weighted by atomic mass is 35.5. The van der Waals surface area contributed by atoms with Crippen LogP contribution in [-0.4, -0.2) is 17.7 Å². The van der Waals surface area contributed by atoms with Crippen LogP contribution in [0.3, 0.4) is 0 Å². The molecule has 1 heterocycles. The second-order valence-electron chi connectivity index (χ2n) is 1.91. The maximum absolute atomic E-state index is 5.47.